The lowest BCUT2D eigenvalue weighted by Crippen LogP contribution is -2.55. The number of nitrogens with two attached hydrogens (primary N) is 1. The molecule has 2 unspecified atom stereocenters. The fourth-order valence-corrected chi connectivity index (χ4v) is 5.82. The Hall–Kier alpha value is -3.51. The molecule has 1 fully saturated rings. The van der Waals surface area contributed by atoms with E-state index in [9.17, 15) is 29.1 Å². The van der Waals surface area contributed by atoms with Crippen molar-refractivity contribution in [3.05, 3.63) is 35.9 Å². The molecule has 0 heterocycles. The molecule has 12 nitrogen and oxygen atoms in total. The number of carboxylic acid groups (broad SMARTS) is 1. The average Bonchev–Trinajstić information content (AvgIpc) is 3.02. The fourth-order valence-electron chi connectivity index (χ4n) is 5.82. The monoisotopic (exact) mass is 644 g/mol. The first-order valence-corrected chi connectivity index (χ1v) is 16.7. The van der Waals surface area contributed by atoms with E-state index in [2.05, 4.69) is 21.3 Å². The zero-order valence-electron chi connectivity index (χ0n) is 28.1. The first-order valence-electron chi connectivity index (χ1n) is 16.7. The summed E-state index contributed by atoms with van der Waals surface area (Å²) in [4.78, 5) is 65.6. The molecule has 0 radical (unpaired) electrons. The minimum atomic E-state index is -1.10. The molecule has 1 aliphatic carbocycles. The van der Waals surface area contributed by atoms with Crippen LogP contribution in [0.5, 0.6) is 0 Å². The lowest BCUT2D eigenvalue weighted by Gasteiger charge is -2.31. The number of nitrogens with one attached hydrogen (secondary N) is 4. The second-order valence-electron chi connectivity index (χ2n) is 13.0. The molecule has 0 saturated heterocycles. The van der Waals surface area contributed by atoms with Crippen molar-refractivity contribution in [3.8, 4) is 0 Å². The van der Waals surface area contributed by atoms with Crippen molar-refractivity contribution in [2.24, 2.45) is 17.6 Å². The van der Waals surface area contributed by atoms with Gasteiger partial charge >= 0.3 is 5.97 Å². The number of benzene rings is 1. The third-order valence-electron chi connectivity index (χ3n) is 8.76. The molecule has 0 aliphatic heterocycles. The van der Waals surface area contributed by atoms with Gasteiger partial charge in [0, 0.05) is 31.3 Å². The highest BCUT2D eigenvalue weighted by molar-refractivity contribution is 5.91. The number of carboxylic acids is 1. The van der Waals surface area contributed by atoms with E-state index < -0.39 is 47.9 Å². The van der Waals surface area contributed by atoms with Gasteiger partial charge in [0.2, 0.25) is 23.6 Å². The highest BCUT2D eigenvalue weighted by atomic mass is 16.4. The Labute approximate surface area is 274 Å². The molecule has 4 amide bonds. The quantitative estimate of drug-likeness (QED) is 0.125. The lowest BCUT2D eigenvalue weighted by atomic mass is 9.83. The summed E-state index contributed by atoms with van der Waals surface area (Å²) in [5.74, 6) is -2.67. The zero-order chi connectivity index (χ0) is 34.1. The van der Waals surface area contributed by atoms with Gasteiger partial charge in [-0.25, -0.2) is 4.79 Å². The average molecular weight is 645 g/mol. The number of carbonyl (C=O) groups excluding carboxylic acids is 4. The largest absolute Gasteiger partial charge is 0.480 e. The van der Waals surface area contributed by atoms with E-state index in [-0.39, 0.29) is 37.6 Å². The molecule has 5 atom stereocenters. The SMILES string of the molecule is CC[C@H](C)[C@H](NC(=O)CC(N)C(CC1CCCCC1)NC(=O)CNC(=O)[C@H](Cc1ccccc1)NC(=O)CCCN(C)C)C(=O)O. The fraction of sp³-hybridized carbons (Fsp3) is 0.676. The van der Waals surface area contributed by atoms with Crippen molar-refractivity contribution >= 4 is 29.6 Å². The maximum absolute atomic E-state index is 13.2. The molecule has 0 aromatic heterocycles. The highest BCUT2D eigenvalue weighted by Crippen LogP contribution is 2.28. The summed E-state index contributed by atoms with van der Waals surface area (Å²) in [5, 5.41) is 20.6. The van der Waals surface area contributed by atoms with Crippen molar-refractivity contribution < 1.29 is 29.1 Å². The number of amides is 4. The van der Waals surface area contributed by atoms with Crippen molar-refractivity contribution in [1.82, 2.24) is 26.2 Å². The molecule has 46 heavy (non-hydrogen) atoms. The second-order valence-corrected chi connectivity index (χ2v) is 13.0. The van der Waals surface area contributed by atoms with Gasteiger partial charge in [-0.15, -0.1) is 0 Å². The number of nitrogens with zero attached hydrogens (tertiary/aromatic N) is 1. The van der Waals surface area contributed by atoms with Crippen LogP contribution in [0.25, 0.3) is 0 Å². The maximum Gasteiger partial charge on any atom is 0.326 e. The van der Waals surface area contributed by atoms with Gasteiger partial charge in [-0.05, 0) is 50.9 Å². The van der Waals surface area contributed by atoms with E-state index in [1.165, 1.54) is 0 Å². The molecular formula is C34H56N6O6. The van der Waals surface area contributed by atoms with Crippen LogP contribution in [0.3, 0.4) is 0 Å². The predicted octanol–water partition coefficient (Wildman–Crippen LogP) is 1.96. The number of carbonyl (C=O) groups is 5. The van der Waals surface area contributed by atoms with E-state index in [0.717, 1.165) is 44.2 Å². The molecule has 258 valence electrons. The number of hydrogen-bond donors (Lipinski definition) is 6. The Bertz CT molecular complexity index is 1110. The van der Waals surface area contributed by atoms with E-state index in [4.69, 9.17) is 5.73 Å². The Balaban J connectivity index is 2.05. The second kappa shape index (κ2) is 20.6. The summed E-state index contributed by atoms with van der Waals surface area (Å²) in [6.07, 6.45) is 7.58. The first kappa shape index (κ1) is 38.7. The molecule has 0 bridgehead atoms. The van der Waals surface area contributed by atoms with Gasteiger partial charge in [0.05, 0.1) is 6.54 Å². The minimum absolute atomic E-state index is 0.150. The van der Waals surface area contributed by atoms with Gasteiger partial charge in [0.1, 0.15) is 12.1 Å². The number of hydrogen-bond acceptors (Lipinski definition) is 7. The predicted molar refractivity (Wildman–Crippen MR) is 178 cm³/mol. The van der Waals surface area contributed by atoms with Crippen LogP contribution in [0.15, 0.2) is 30.3 Å². The van der Waals surface area contributed by atoms with Crippen molar-refractivity contribution in [2.75, 3.05) is 27.2 Å². The van der Waals surface area contributed by atoms with E-state index in [1.54, 1.807) is 6.92 Å². The summed E-state index contributed by atoms with van der Waals surface area (Å²) in [7, 11) is 3.86. The van der Waals surface area contributed by atoms with Gasteiger partial charge in [0.25, 0.3) is 0 Å². The standard InChI is InChI=1S/C34H56N6O6/c1-5-23(2)32(34(45)46)39-30(42)21-26(35)27(19-24-13-8-6-9-14-24)37-31(43)22-36-33(44)28(20-25-15-10-7-11-16-25)38-29(41)17-12-18-40(3)4/h7,10-11,15-16,23-24,26-28,32H,5-6,8-9,12-14,17-22,35H2,1-4H3,(H,36,44)(H,37,43)(H,38,41)(H,39,42)(H,45,46)/t23-,26?,27?,28-,32-/m0/s1. The summed E-state index contributed by atoms with van der Waals surface area (Å²) in [6.45, 7) is 4.04. The van der Waals surface area contributed by atoms with Gasteiger partial charge in [-0.3, -0.25) is 19.2 Å². The molecule has 1 aromatic carbocycles. The molecule has 7 N–H and O–H groups in total. The molecule has 2 rings (SSSR count). The summed E-state index contributed by atoms with van der Waals surface area (Å²) < 4.78 is 0. The first-order chi connectivity index (χ1) is 21.9. The summed E-state index contributed by atoms with van der Waals surface area (Å²) >= 11 is 0. The topological polar surface area (TPSA) is 183 Å². The minimum Gasteiger partial charge on any atom is -0.480 e. The van der Waals surface area contributed by atoms with E-state index in [0.29, 0.717) is 25.2 Å². The van der Waals surface area contributed by atoms with Crippen LogP contribution in [0, 0.1) is 11.8 Å². The number of rotatable bonds is 20. The number of aliphatic carboxylic acids is 1. The smallest absolute Gasteiger partial charge is 0.326 e. The molecular weight excluding hydrogens is 588 g/mol. The summed E-state index contributed by atoms with van der Waals surface area (Å²) in [6, 6.07) is 6.17. The van der Waals surface area contributed by atoms with Crippen LogP contribution in [-0.4, -0.2) is 91.0 Å². The Morgan fingerprint density at radius 3 is 2.24 bits per heavy atom. The van der Waals surface area contributed by atoms with E-state index in [1.807, 2.05) is 56.3 Å². The lowest BCUT2D eigenvalue weighted by molar-refractivity contribution is -0.143. The molecule has 1 saturated carbocycles. The van der Waals surface area contributed by atoms with Crippen molar-refractivity contribution in [2.45, 2.75) is 109 Å². The maximum atomic E-state index is 13.2. The van der Waals surface area contributed by atoms with Crippen molar-refractivity contribution in [1.29, 1.82) is 0 Å². The highest BCUT2D eigenvalue weighted by Gasteiger charge is 2.30. The third-order valence-corrected chi connectivity index (χ3v) is 8.76. The third kappa shape index (κ3) is 14.7. The normalized spacial score (nSPS) is 16.8. The Morgan fingerprint density at radius 1 is 0.957 bits per heavy atom. The van der Waals surface area contributed by atoms with Crippen LogP contribution < -0.4 is 27.0 Å². The van der Waals surface area contributed by atoms with Crippen LogP contribution in [-0.2, 0) is 30.4 Å². The summed E-state index contributed by atoms with van der Waals surface area (Å²) in [5.41, 5.74) is 7.36. The molecule has 1 aromatic rings. The zero-order valence-corrected chi connectivity index (χ0v) is 28.1. The van der Waals surface area contributed by atoms with Gasteiger partial charge in [-0.1, -0.05) is 82.7 Å². The van der Waals surface area contributed by atoms with Crippen LogP contribution in [0.1, 0.15) is 83.6 Å². The molecule has 1 aliphatic rings. The Morgan fingerprint density at radius 2 is 1.63 bits per heavy atom. The van der Waals surface area contributed by atoms with Crippen LogP contribution in [0.4, 0.5) is 0 Å². The molecule has 12 heteroatoms. The van der Waals surface area contributed by atoms with Crippen molar-refractivity contribution in [3.63, 3.8) is 0 Å². The Kier molecular flexibility index (Phi) is 17.3. The van der Waals surface area contributed by atoms with Gasteiger partial charge < -0.3 is 37.0 Å². The van der Waals surface area contributed by atoms with Gasteiger partial charge in [-0.2, -0.15) is 0 Å². The van der Waals surface area contributed by atoms with E-state index >= 15 is 0 Å². The molecule has 0 spiro atoms. The van der Waals surface area contributed by atoms with Crippen LogP contribution in [0.2, 0.25) is 0 Å². The van der Waals surface area contributed by atoms with Gasteiger partial charge in [0.15, 0.2) is 0 Å². The van der Waals surface area contributed by atoms with Crippen LogP contribution >= 0.6 is 0 Å².